The van der Waals surface area contributed by atoms with Gasteiger partial charge in [-0.25, -0.2) is 0 Å². The topological polar surface area (TPSA) is 50.7 Å². The largest absolute Gasteiger partial charge is 0.354 e. The highest BCUT2D eigenvalue weighted by Gasteiger charge is 2.08. The second kappa shape index (κ2) is 20.0. The first-order valence-electron chi connectivity index (χ1n) is 11.2. The molecule has 4 nitrogen and oxygen atoms in total. The van der Waals surface area contributed by atoms with Crippen LogP contribution in [0.25, 0.3) is 0 Å². The molecular formula is C21H38Cl2N4S2. The SMILES string of the molecule is CCCCCCCCCCCCNc1nc(SCCCCl)nc(SCCCCl)n1. The van der Waals surface area contributed by atoms with Crippen LogP contribution >= 0.6 is 46.7 Å². The number of hydrogen-bond acceptors (Lipinski definition) is 6. The molecule has 0 aromatic carbocycles. The van der Waals surface area contributed by atoms with Crippen LogP contribution in [0.5, 0.6) is 0 Å². The third-order valence-electron chi connectivity index (χ3n) is 4.43. The van der Waals surface area contributed by atoms with Crippen molar-refractivity contribution in [2.75, 3.05) is 35.1 Å². The Hall–Kier alpha value is 0.0900. The average molecular weight is 482 g/mol. The molecule has 0 unspecified atom stereocenters. The molecule has 0 amide bonds. The number of rotatable bonds is 20. The molecule has 0 fully saturated rings. The number of nitrogens with one attached hydrogen (secondary N) is 1. The van der Waals surface area contributed by atoms with E-state index in [4.69, 9.17) is 23.2 Å². The Balaban J connectivity index is 2.27. The van der Waals surface area contributed by atoms with E-state index < -0.39 is 0 Å². The first kappa shape index (κ1) is 27.1. The Kier molecular flexibility index (Phi) is 18.7. The lowest BCUT2D eigenvalue weighted by Gasteiger charge is -2.08. The van der Waals surface area contributed by atoms with Gasteiger partial charge in [-0.1, -0.05) is 88.2 Å². The molecule has 1 aromatic heterocycles. The first-order valence-corrected chi connectivity index (χ1v) is 14.2. The van der Waals surface area contributed by atoms with E-state index >= 15 is 0 Å². The third-order valence-corrected chi connectivity index (χ3v) is 6.83. The van der Waals surface area contributed by atoms with Gasteiger partial charge in [0.05, 0.1) is 0 Å². The van der Waals surface area contributed by atoms with Crippen LogP contribution in [0.3, 0.4) is 0 Å². The zero-order valence-electron chi connectivity index (χ0n) is 17.9. The van der Waals surface area contributed by atoms with Crippen molar-refractivity contribution in [2.24, 2.45) is 0 Å². The fourth-order valence-electron chi connectivity index (χ4n) is 2.79. The number of unbranched alkanes of at least 4 members (excludes halogenated alkanes) is 9. The van der Waals surface area contributed by atoms with Gasteiger partial charge in [-0.15, -0.1) is 23.2 Å². The minimum atomic E-state index is 0.666. The van der Waals surface area contributed by atoms with Crippen molar-refractivity contribution >= 4 is 52.7 Å². The molecule has 1 aromatic rings. The van der Waals surface area contributed by atoms with Gasteiger partial charge >= 0.3 is 0 Å². The molecule has 29 heavy (non-hydrogen) atoms. The van der Waals surface area contributed by atoms with Gasteiger partial charge in [0, 0.05) is 29.8 Å². The highest BCUT2D eigenvalue weighted by molar-refractivity contribution is 7.99. The monoisotopic (exact) mass is 480 g/mol. The Bertz CT molecular complexity index is 481. The summed E-state index contributed by atoms with van der Waals surface area (Å²) in [4.78, 5) is 13.7. The number of anilines is 1. The normalized spacial score (nSPS) is 11.1. The van der Waals surface area contributed by atoms with Gasteiger partial charge in [-0.2, -0.15) is 15.0 Å². The van der Waals surface area contributed by atoms with Crippen LogP contribution in [0.4, 0.5) is 5.95 Å². The molecule has 0 aliphatic heterocycles. The molecule has 8 heteroatoms. The average Bonchev–Trinajstić information content (AvgIpc) is 2.72. The summed E-state index contributed by atoms with van der Waals surface area (Å²) in [5.41, 5.74) is 0. The lowest BCUT2D eigenvalue weighted by Crippen LogP contribution is -2.08. The van der Waals surface area contributed by atoms with Gasteiger partial charge in [0.15, 0.2) is 10.3 Å². The summed E-state index contributed by atoms with van der Waals surface area (Å²) in [6, 6.07) is 0. The molecular weight excluding hydrogens is 443 g/mol. The maximum absolute atomic E-state index is 5.78. The fraction of sp³-hybridized carbons (Fsp3) is 0.857. The van der Waals surface area contributed by atoms with Crippen molar-refractivity contribution in [3.8, 4) is 0 Å². The molecule has 0 bridgehead atoms. The second-order valence-corrected chi connectivity index (χ2v) is 9.99. The van der Waals surface area contributed by atoms with E-state index in [9.17, 15) is 0 Å². The summed E-state index contributed by atoms with van der Waals surface area (Å²) >= 11 is 14.8. The van der Waals surface area contributed by atoms with Crippen molar-refractivity contribution < 1.29 is 0 Å². The van der Waals surface area contributed by atoms with Crippen LogP contribution in [0.15, 0.2) is 10.3 Å². The highest BCUT2D eigenvalue weighted by atomic mass is 35.5. The number of aromatic nitrogens is 3. The minimum Gasteiger partial charge on any atom is -0.354 e. The lowest BCUT2D eigenvalue weighted by molar-refractivity contribution is 0.559. The molecule has 0 aliphatic rings. The summed E-state index contributed by atoms with van der Waals surface area (Å²) in [7, 11) is 0. The maximum atomic E-state index is 5.78. The summed E-state index contributed by atoms with van der Waals surface area (Å²) < 4.78 is 0. The zero-order chi connectivity index (χ0) is 21.0. The number of thioether (sulfide) groups is 2. The Morgan fingerprint density at radius 1 is 0.655 bits per heavy atom. The van der Waals surface area contributed by atoms with Crippen LogP contribution in [0.2, 0.25) is 0 Å². The van der Waals surface area contributed by atoms with Crippen molar-refractivity contribution in [3.05, 3.63) is 0 Å². The predicted octanol–water partition coefficient (Wildman–Crippen LogP) is 7.65. The van der Waals surface area contributed by atoms with Crippen molar-refractivity contribution in [3.63, 3.8) is 0 Å². The van der Waals surface area contributed by atoms with E-state index in [1.165, 1.54) is 57.8 Å². The van der Waals surface area contributed by atoms with Crippen molar-refractivity contribution in [2.45, 2.75) is 94.3 Å². The van der Waals surface area contributed by atoms with Gasteiger partial charge in [-0.05, 0) is 19.3 Å². The molecule has 0 spiro atoms. The minimum absolute atomic E-state index is 0.666. The first-order chi connectivity index (χ1) is 14.3. The Morgan fingerprint density at radius 2 is 1.14 bits per heavy atom. The molecule has 0 saturated carbocycles. The molecule has 0 atom stereocenters. The fourth-order valence-corrected chi connectivity index (χ4v) is 4.98. The van der Waals surface area contributed by atoms with Crippen molar-refractivity contribution in [1.29, 1.82) is 0 Å². The van der Waals surface area contributed by atoms with E-state index in [0.29, 0.717) is 17.7 Å². The van der Waals surface area contributed by atoms with E-state index in [0.717, 1.165) is 47.6 Å². The van der Waals surface area contributed by atoms with Gasteiger partial charge in [0.1, 0.15) is 0 Å². The summed E-state index contributed by atoms with van der Waals surface area (Å²) in [5.74, 6) is 3.88. The second-order valence-electron chi connectivity index (χ2n) is 7.11. The standard InChI is InChI=1S/C21H38Cl2N4S2/c1-2-3-4-5-6-7-8-9-10-11-16-24-19-25-20(28-17-12-14-22)27-21(26-19)29-18-13-15-23/h2-18H2,1H3,(H,24,25,26,27). The molecule has 0 radical (unpaired) electrons. The van der Waals surface area contributed by atoms with Gasteiger partial charge in [-0.3, -0.25) is 0 Å². The quantitative estimate of drug-likeness (QED) is 0.117. The van der Waals surface area contributed by atoms with Gasteiger partial charge in [0.25, 0.3) is 0 Å². The maximum Gasteiger partial charge on any atom is 0.227 e. The molecule has 168 valence electrons. The molecule has 1 rings (SSSR count). The number of nitrogens with zero attached hydrogens (tertiary/aromatic N) is 3. The number of hydrogen-bond donors (Lipinski definition) is 1. The lowest BCUT2D eigenvalue weighted by atomic mass is 10.1. The zero-order valence-corrected chi connectivity index (χ0v) is 21.1. The van der Waals surface area contributed by atoms with Crippen LogP contribution in [-0.4, -0.2) is 44.8 Å². The highest BCUT2D eigenvalue weighted by Crippen LogP contribution is 2.21. The van der Waals surface area contributed by atoms with Gasteiger partial charge in [0.2, 0.25) is 5.95 Å². The molecule has 1 N–H and O–H groups in total. The number of alkyl halides is 2. The predicted molar refractivity (Wildman–Crippen MR) is 132 cm³/mol. The van der Waals surface area contributed by atoms with Crippen LogP contribution in [0, 0.1) is 0 Å². The summed E-state index contributed by atoms with van der Waals surface area (Å²) in [5, 5.41) is 4.95. The smallest absolute Gasteiger partial charge is 0.227 e. The van der Waals surface area contributed by atoms with Crippen LogP contribution in [-0.2, 0) is 0 Å². The summed E-state index contributed by atoms with van der Waals surface area (Å²) in [6.45, 7) is 3.19. The molecule has 0 saturated heterocycles. The Morgan fingerprint density at radius 3 is 1.62 bits per heavy atom. The summed E-state index contributed by atoms with van der Waals surface area (Å²) in [6.07, 6.45) is 15.3. The molecule has 0 aliphatic carbocycles. The third kappa shape index (κ3) is 15.5. The Labute approximate surface area is 196 Å². The van der Waals surface area contributed by atoms with Crippen LogP contribution < -0.4 is 5.32 Å². The number of halogens is 2. The van der Waals surface area contributed by atoms with Crippen molar-refractivity contribution in [1.82, 2.24) is 15.0 Å². The van der Waals surface area contributed by atoms with E-state index in [2.05, 4.69) is 27.2 Å². The van der Waals surface area contributed by atoms with E-state index in [1.54, 1.807) is 23.5 Å². The van der Waals surface area contributed by atoms with Gasteiger partial charge < -0.3 is 5.32 Å². The van der Waals surface area contributed by atoms with E-state index in [-0.39, 0.29) is 0 Å². The van der Waals surface area contributed by atoms with E-state index in [1.807, 2.05) is 0 Å². The molecule has 1 heterocycles. The van der Waals surface area contributed by atoms with Crippen LogP contribution in [0.1, 0.15) is 84.0 Å².